The number of benzene rings is 1. The van der Waals surface area contributed by atoms with Crippen LogP contribution in [0.4, 0.5) is 13.2 Å². The molecule has 0 bridgehead atoms. The maximum Gasteiger partial charge on any atom is 0.416 e. The molecule has 0 atom stereocenters. The highest BCUT2D eigenvalue weighted by atomic mass is 32.2. The second-order valence-electron chi connectivity index (χ2n) is 6.86. The normalized spacial score (nSPS) is 13.3. The molecule has 0 radical (unpaired) electrons. The van der Waals surface area contributed by atoms with Crippen LogP contribution in [0, 0.1) is 5.92 Å². The average molecular weight is 391 g/mol. The van der Waals surface area contributed by atoms with E-state index < -0.39 is 21.9 Å². The molecule has 146 valence electrons. The van der Waals surface area contributed by atoms with Crippen molar-refractivity contribution in [1.29, 1.82) is 0 Å². The third kappa shape index (κ3) is 4.77. The van der Waals surface area contributed by atoms with Crippen LogP contribution in [-0.2, 0) is 29.4 Å². The molecule has 0 aliphatic heterocycles. The molecule has 0 unspecified atom stereocenters. The van der Waals surface area contributed by atoms with Gasteiger partial charge in [0, 0.05) is 44.3 Å². The van der Waals surface area contributed by atoms with Gasteiger partial charge in [0.1, 0.15) is 0 Å². The monoisotopic (exact) mass is 391 g/mol. The number of aromatic nitrogens is 1. The van der Waals surface area contributed by atoms with E-state index in [-0.39, 0.29) is 12.5 Å². The van der Waals surface area contributed by atoms with Crippen molar-refractivity contribution in [2.24, 2.45) is 5.92 Å². The van der Waals surface area contributed by atoms with Crippen LogP contribution in [-0.4, -0.2) is 37.9 Å². The number of fused-ring (bicyclic) bond motifs is 1. The lowest BCUT2D eigenvalue weighted by Crippen LogP contribution is -2.36. The minimum Gasteiger partial charge on any atom is -0.347 e. The van der Waals surface area contributed by atoms with Crippen molar-refractivity contribution in [1.82, 2.24) is 13.6 Å². The van der Waals surface area contributed by atoms with Gasteiger partial charge in [-0.05, 0) is 30.0 Å². The van der Waals surface area contributed by atoms with Gasteiger partial charge in [-0.1, -0.05) is 19.9 Å². The largest absolute Gasteiger partial charge is 0.416 e. The standard InChI is InChI=1S/C17H24F3N3O2S/c1-12(2)10-23-11-13(7-8-21-26(24,25)22(3)4)15-6-5-14(9-16(15)23)17(18,19)20/h5-6,9,11-12,21H,7-8,10H2,1-4H3. The molecule has 9 heteroatoms. The molecule has 2 aromatic rings. The lowest BCUT2D eigenvalue weighted by molar-refractivity contribution is -0.137. The quantitative estimate of drug-likeness (QED) is 0.788. The Morgan fingerprint density at radius 1 is 1.23 bits per heavy atom. The summed E-state index contributed by atoms with van der Waals surface area (Å²) in [5, 5.41) is 0.711. The number of hydrogen-bond acceptors (Lipinski definition) is 2. The van der Waals surface area contributed by atoms with Gasteiger partial charge in [-0.2, -0.15) is 25.9 Å². The van der Waals surface area contributed by atoms with Crippen molar-refractivity contribution in [2.45, 2.75) is 33.0 Å². The second kappa shape index (κ2) is 7.58. The fourth-order valence-electron chi connectivity index (χ4n) is 2.73. The van der Waals surface area contributed by atoms with Gasteiger partial charge >= 0.3 is 6.18 Å². The summed E-state index contributed by atoms with van der Waals surface area (Å²) in [6, 6.07) is 3.69. The van der Waals surface area contributed by atoms with Crippen LogP contribution in [0.2, 0.25) is 0 Å². The fourth-order valence-corrected chi connectivity index (χ4v) is 3.35. The molecule has 2 rings (SSSR count). The van der Waals surface area contributed by atoms with Gasteiger partial charge < -0.3 is 4.57 Å². The Morgan fingerprint density at radius 3 is 2.42 bits per heavy atom. The van der Waals surface area contributed by atoms with Gasteiger partial charge in [-0.25, -0.2) is 4.72 Å². The highest BCUT2D eigenvalue weighted by Gasteiger charge is 2.31. The number of rotatable bonds is 7. The van der Waals surface area contributed by atoms with Crippen molar-refractivity contribution in [3.05, 3.63) is 35.5 Å². The van der Waals surface area contributed by atoms with E-state index in [1.165, 1.54) is 20.2 Å². The summed E-state index contributed by atoms with van der Waals surface area (Å²) in [4.78, 5) is 0. The Kier molecular flexibility index (Phi) is 6.04. The molecule has 1 N–H and O–H groups in total. The van der Waals surface area contributed by atoms with E-state index in [1.54, 1.807) is 0 Å². The molecule has 5 nitrogen and oxygen atoms in total. The topological polar surface area (TPSA) is 54.3 Å². The van der Waals surface area contributed by atoms with Crippen molar-refractivity contribution < 1.29 is 21.6 Å². The van der Waals surface area contributed by atoms with Gasteiger partial charge in [0.25, 0.3) is 10.2 Å². The first-order valence-electron chi connectivity index (χ1n) is 8.28. The third-order valence-electron chi connectivity index (χ3n) is 4.01. The molecular formula is C17H24F3N3O2S. The molecule has 1 aromatic carbocycles. The fraction of sp³-hybridized carbons (Fsp3) is 0.529. The molecule has 1 heterocycles. The summed E-state index contributed by atoms with van der Waals surface area (Å²) in [7, 11) is -0.680. The highest BCUT2D eigenvalue weighted by molar-refractivity contribution is 7.87. The second-order valence-corrected chi connectivity index (χ2v) is 8.83. The Bertz CT molecular complexity index is 871. The van der Waals surface area contributed by atoms with E-state index in [0.29, 0.717) is 23.9 Å². The molecular weight excluding hydrogens is 367 g/mol. The van der Waals surface area contributed by atoms with Crippen molar-refractivity contribution in [3.63, 3.8) is 0 Å². The SMILES string of the molecule is CC(C)Cn1cc(CCNS(=O)(=O)N(C)C)c2ccc(C(F)(F)F)cc21. The van der Waals surface area contributed by atoms with E-state index in [2.05, 4.69) is 4.72 Å². The molecule has 0 aliphatic carbocycles. The summed E-state index contributed by atoms with van der Waals surface area (Å²) in [6.45, 7) is 4.73. The van der Waals surface area contributed by atoms with E-state index in [4.69, 9.17) is 0 Å². The summed E-state index contributed by atoms with van der Waals surface area (Å²) in [5.74, 6) is 0.264. The zero-order valence-corrected chi connectivity index (χ0v) is 16.1. The van der Waals surface area contributed by atoms with Crippen molar-refractivity contribution in [3.8, 4) is 0 Å². The van der Waals surface area contributed by atoms with Gasteiger partial charge in [0.2, 0.25) is 0 Å². The lowest BCUT2D eigenvalue weighted by atomic mass is 10.1. The van der Waals surface area contributed by atoms with Crippen molar-refractivity contribution >= 4 is 21.1 Å². The molecule has 0 spiro atoms. The van der Waals surface area contributed by atoms with Crippen molar-refractivity contribution in [2.75, 3.05) is 20.6 Å². The van der Waals surface area contributed by atoms with Crippen LogP contribution in [0.15, 0.2) is 24.4 Å². The lowest BCUT2D eigenvalue weighted by Gasteiger charge is -2.12. The summed E-state index contributed by atoms with van der Waals surface area (Å²) in [5.41, 5.74) is 0.641. The van der Waals surface area contributed by atoms with Crippen LogP contribution in [0.3, 0.4) is 0 Å². The molecule has 0 aliphatic rings. The van der Waals surface area contributed by atoms with Gasteiger partial charge in [0.15, 0.2) is 0 Å². The number of alkyl halides is 3. The number of halogens is 3. The predicted molar refractivity (Wildman–Crippen MR) is 96.1 cm³/mol. The first-order valence-corrected chi connectivity index (χ1v) is 9.72. The first kappa shape index (κ1) is 20.7. The van der Waals surface area contributed by atoms with Gasteiger partial charge in [0.05, 0.1) is 5.56 Å². The average Bonchev–Trinajstić information content (AvgIpc) is 2.83. The van der Waals surface area contributed by atoms with E-state index in [9.17, 15) is 21.6 Å². The minimum absolute atomic E-state index is 0.169. The van der Waals surface area contributed by atoms with Crippen LogP contribution in [0.1, 0.15) is 25.0 Å². The molecule has 0 amide bonds. The Balaban J connectivity index is 2.35. The minimum atomic E-state index is -4.40. The van der Waals surface area contributed by atoms with Gasteiger partial charge in [-0.15, -0.1) is 0 Å². The van der Waals surface area contributed by atoms with Crippen LogP contribution >= 0.6 is 0 Å². The zero-order valence-electron chi connectivity index (χ0n) is 15.3. The Hall–Kier alpha value is -1.58. The molecule has 0 saturated heterocycles. The van der Waals surface area contributed by atoms with E-state index >= 15 is 0 Å². The van der Waals surface area contributed by atoms with E-state index in [1.807, 2.05) is 24.6 Å². The molecule has 26 heavy (non-hydrogen) atoms. The summed E-state index contributed by atoms with van der Waals surface area (Å²) < 4.78 is 68.0. The number of nitrogens with one attached hydrogen (secondary N) is 1. The van der Waals surface area contributed by atoms with Crippen LogP contribution < -0.4 is 4.72 Å². The summed E-state index contributed by atoms with van der Waals surface area (Å²) >= 11 is 0. The number of hydrogen-bond donors (Lipinski definition) is 1. The third-order valence-corrected chi connectivity index (χ3v) is 5.54. The molecule has 0 saturated carbocycles. The molecule has 0 fully saturated rings. The maximum atomic E-state index is 13.0. The smallest absolute Gasteiger partial charge is 0.347 e. The maximum absolute atomic E-state index is 13.0. The van der Waals surface area contributed by atoms with Crippen LogP contribution in [0.25, 0.3) is 10.9 Å². The Labute approximate surface area is 152 Å². The van der Waals surface area contributed by atoms with Crippen LogP contribution in [0.5, 0.6) is 0 Å². The summed E-state index contributed by atoms with van der Waals surface area (Å²) in [6.07, 6.45) is -2.20. The first-order chi connectivity index (χ1) is 11.9. The van der Waals surface area contributed by atoms with Gasteiger partial charge in [-0.3, -0.25) is 0 Å². The molecule has 1 aromatic heterocycles. The number of nitrogens with zero attached hydrogens (tertiary/aromatic N) is 2. The predicted octanol–water partition coefficient (Wildman–Crippen LogP) is 3.25. The zero-order chi connectivity index (χ0) is 19.7. The van der Waals surface area contributed by atoms with E-state index in [0.717, 1.165) is 22.0 Å². The highest BCUT2D eigenvalue weighted by Crippen LogP contribution is 2.33. The Morgan fingerprint density at radius 2 is 1.88 bits per heavy atom.